The number of non-ortho nitro benzene ring substituents is 1. The maximum Gasteiger partial charge on any atom is 0.269 e. The number of nitrogens with zero attached hydrogens (tertiary/aromatic N) is 2. The molecular formula is C13H10FN3O2. The fourth-order valence-electron chi connectivity index (χ4n) is 1.42. The van der Waals surface area contributed by atoms with Crippen LogP contribution in [0.2, 0.25) is 0 Å². The average Bonchev–Trinajstić information content (AvgIpc) is 2.39. The van der Waals surface area contributed by atoms with E-state index in [1.54, 1.807) is 24.3 Å². The molecule has 19 heavy (non-hydrogen) atoms. The Kier molecular flexibility index (Phi) is 3.82. The van der Waals surface area contributed by atoms with Crippen LogP contribution in [0.15, 0.2) is 53.6 Å². The molecule has 6 heteroatoms. The normalized spacial score (nSPS) is 10.6. The Bertz CT molecular complexity index is 612. The van der Waals surface area contributed by atoms with Crippen molar-refractivity contribution in [1.29, 1.82) is 0 Å². The van der Waals surface area contributed by atoms with E-state index in [0.717, 1.165) is 0 Å². The molecule has 0 fully saturated rings. The summed E-state index contributed by atoms with van der Waals surface area (Å²) in [6.45, 7) is 0. The Balaban J connectivity index is 2.01. The molecular weight excluding hydrogens is 249 g/mol. The number of halogens is 1. The Hall–Kier alpha value is -2.76. The zero-order valence-corrected chi connectivity index (χ0v) is 9.79. The summed E-state index contributed by atoms with van der Waals surface area (Å²) in [6.07, 6.45) is 1.49. The highest BCUT2D eigenvalue weighted by Gasteiger charge is 2.02. The number of nitrogens with one attached hydrogen (secondary N) is 1. The SMILES string of the molecule is O=[N+]([O-])c1ccc(C=NNc2cccc(F)c2)cc1. The van der Waals surface area contributed by atoms with Crippen LogP contribution in [0.25, 0.3) is 0 Å². The first-order valence-electron chi connectivity index (χ1n) is 5.44. The number of hydrogen-bond donors (Lipinski definition) is 1. The monoisotopic (exact) mass is 259 g/mol. The summed E-state index contributed by atoms with van der Waals surface area (Å²) in [4.78, 5) is 10.0. The lowest BCUT2D eigenvalue weighted by Crippen LogP contribution is -1.92. The quantitative estimate of drug-likeness (QED) is 0.521. The van der Waals surface area contributed by atoms with E-state index in [2.05, 4.69) is 10.5 Å². The van der Waals surface area contributed by atoms with Crippen LogP contribution in [0, 0.1) is 15.9 Å². The summed E-state index contributed by atoms with van der Waals surface area (Å²) in [7, 11) is 0. The third-order valence-corrected chi connectivity index (χ3v) is 2.34. The molecule has 0 aliphatic heterocycles. The van der Waals surface area contributed by atoms with Gasteiger partial charge in [0, 0.05) is 12.1 Å². The predicted molar refractivity (Wildman–Crippen MR) is 70.7 cm³/mol. The van der Waals surface area contributed by atoms with E-state index in [1.165, 1.54) is 30.5 Å². The van der Waals surface area contributed by atoms with E-state index < -0.39 is 4.92 Å². The van der Waals surface area contributed by atoms with Gasteiger partial charge in [-0.05, 0) is 35.9 Å². The van der Waals surface area contributed by atoms with Crippen molar-refractivity contribution >= 4 is 17.6 Å². The van der Waals surface area contributed by atoms with Crippen LogP contribution >= 0.6 is 0 Å². The lowest BCUT2D eigenvalue weighted by atomic mass is 10.2. The Morgan fingerprint density at radius 2 is 1.95 bits per heavy atom. The fourth-order valence-corrected chi connectivity index (χ4v) is 1.42. The van der Waals surface area contributed by atoms with Crippen LogP contribution in [-0.2, 0) is 0 Å². The molecule has 0 saturated heterocycles. The number of hydrazone groups is 1. The number of hydrogen-bond acceptors (Lipinski definition) is 4. The van der Waals surface area contributed by atoms with Gasteiger partial charge in [-0.15, -0.1) is 0 Å². The van der Waals surface area contributed by atoms with Crippen LogP contribution in [0.1, 0.15) is 5.56 Å². The largest absolute Gasteiger partial charge is 0.278 e. The van der Waals surface area contributed by atoms with Gasteiger partial charge in [0.15, 0.2) is 0 Å². The first-order chi connectivity index (χ1) is 9.15. The van der Waals surface area contributed by atoms with Gasteiger partial charge in [-0.3, -0.25) is 15.5 Å². The number of rotatable bonds is 4. The summed E-state index contributed by atoms with van der Waals surface area (Å²) in [5, 5.41) is 14.4. The fraction of sp³-hybridized carbons (Fsp3) is 0. The molecule has 0 aromatic heterocycles. The van der Waals surface area contributed by atoms with E-state index in [1.807, 2.05) is 0 Å². The molecule has 96 valence electrons. The molecule has 0 amide bonds. The summed E-state index contributed by atoms with van der Waals surface area (Å²) >= 11 is 0. The van der Waals surface area contributed by atoms with Crippen LogP contribution in [0.4, 0.5) is 15.8 Å². The zero-order valence-electron chi connectivity index (χ0n) is 9.79. The van der Waals surface area contributed by atoms with Gasteiger partial charge in [-0.25, -0.2) is 4.39 Å². The lowest BCUT2D eigenvalue weighted by Gasteiger charge is -1.99. The van der Waals surface area contributed by atoms with Crippen LogP contribution in [0.5, 0.6) is 0 Å². The highest BCUT2D eigenvalue weighted by molar-refractivity contribution is 5.80. The molecule has 0 heterocycles. The number of benzene rings is 2. The van der Waals surface area contributed by atoms with E-state index >= 15 is 0 Å². The molecule has 0 aliphatic carbocycles. The molecule has 0 radical (unpaired) electrons. The van der Waals surface area contributed by atoms with Crippen LogP contribution in [0.3, 0.4) is 0 Å². The summed E-state index contributed by atoms with van der Waals surface area (Å²) in [5.74, 6) is -0.351. The number of nitro benzene ring substituents is 1. The van der Waals surface area contributed by atoms with Gasteiger partial charge in [0.2, 0.25) is 0 Å². The van der Waals surface area contributed by atoms with E-state index in [9.17, 15) is 14.5 Å². The first-order valence-corrected chi connectivity index (χ1v) is 5.44. The molecule has 0 saturated carbocycles. The minimum atomic E-state index is -0.466. The van der Waals surface area contributed by atoms with E-state index in [-0.39, 0.29) is 11.5 Å². The molecule has 0 unspecified atom stereocenters. The second kappa shape index (κ2) is 5.72. The Morgan fingerprint density at radius 3 is 2.58 bits per heavy atom. The second-order valence-corrected chi connectivity index (χ2v) is 3.73. The van der Waals surface area contributed by atoms with Gasteiger partial charge in [0.1, 0.15) is 5.82 Å². The molecule has 5 nitrogen and oxygen atoms in total. The molecule has 2 aromatic rings. The molecule has 0 bridgehead atoms. The van der Waals surface area contributed by atoms with Gasteiger partial charge in [-0.1, -0.05) is 6.07 Å². The molecule has 0 aliphatic rings. The van der Waals surface area contributed by atoms with Gasteiger partial charge in [-0.2, -0.15) is 5.10 Å². The van der Waals surface area contributed by atoms with Crippen LogP contribution in [-0.4, -0.2) is 11.1 Å². The molecule has 1 N–H and O–H groups in total. The van der Waals surface area contributed by atoms with E-state index in [0.29, 0.717) is 11.3 Å². The molecule has 0 spiro atoms. The van der Waals surface area contributed by atoms with Gasteiger partial charge >= 0.3 is 0 Å². The predicted octanol–water partition coefficient (Wildman–Crippen LogP) is 3.18. The third kappa shape index (κ3) is 3.60. The molecule has 0 atom stereocenters. The van der Waals surface area contributed by atoms with Crippen molar-refractivity contribution in [3.05, 3.63) is 70.0 Å². The number of nitro groups is 1. The smallest absolute Gasteiger partial charge is 0.269 e. The van der Waals surface area contributed by atoms with Gasteiger partial charge in [0.25, 0.3) is 5.69 Å². The summed E-state index contributed by atoms with van der Waals surface area (Å²) < 4.78 is 12.9. The third-order valence-electron chi connectivity index (χ3n) is 2.34. The lowest BCUT2D eigenvalue weighted by molar-refractivity contribution is -0.384. The maximum absolute atomic E-state index is 12.9. The van der Waals surface area contributed by atoms with Crippen molar-refractivity contribution in [2.45, 2.75) is 0 Å². The topological polar surface area (TPSA) is 67.5 Å². The Morgan fingerprint density at radius 1 is 1.21 bits per heavy atom. The highest BCUT2D eigenvalue weighted by atomic mass is 19.1. The summed E-state index contributed by atoms with van der Waals surface area (Å²) in [5.41, 5.74) is 3.92. The van der Waals surface area contributed by atoms with E-state index in [4.69, 9.17) is 0 Å². The minimum absolute atomic E-state index is 0.0234. The first kappa shape index (κ1) is 12.7. The summed E-state index contributed by atoms with van der Waals surface area (Å²) in [6, 6.07) is 11.8. The van der Waals surface area contributed by atoms with Crippen molar-refractivity contribution in [2.24, 2.45) is 5.10 Å². The molecule has 2 aromatic carbocycles. The average molecular weight is 259 g/mol. The standard InChI is InChI=1S/C13H10FN3O2/c14-11-2-1-3-12(8-11)16-15-9-10-4-6-13(7-5-10)17(18)19/h1-9,16H. The van der Waals surface area contributed by atoms with Gasteiger partial charge < -0.3 is 0 Å². The zero-order chi connectivity index (χ0) is 13.7. The van der Waals surface area contributed by atoms with Crippen molar-refractivity contribution in [2.75, 3.05) is 5.43 Å². The van der Waals surface area contributed by atoms with Crippen molar-refractivity contribution in [3.8, 4) is 0 Å². The van der Waals surface area contributed by atoms with Crippen LogP contribution < -0.4 is 5.43 Å². The van der Waals surface area contributed by atoms with Crippen molar-refractivity contribution < 1.29 is 9.31 Å². The number of anilines is 1. The highest BCUT2D eigenvalue weighted by Crippen LogP contribution is 2.11. The minimum Gasteiger partial charge on any atom is -0.278 e. The van der Waals surface area contributed by atoms with Gasteiger partial charge in [0.05, 0.1) is 16.8 Å². The van der Waals surface area contributed by atoms with Crippen molar-refractivity contribution in [1.82, 2.24) is 0 Å². The van der Waals surface area contributed by atoms with Crippen molar-refractivity contribution in [3.63, 3.8) is 0 Å². The maximum atomic E-state index is 12.9. The molecule has 2 rings (SSSR count). The second-order valence-electron chi connectivity index (χ2n) is 3.73. The Labute approximate surface area is 108 Å².